The van der Waals surface area contributed by atoms with Crippen LogP contribution in [0.4, 0.5) is 11.4 Å². The predicted octanol–water partition coefficient (Wildman–Crippen LogP) is 2.08. The van der Waals surface area contributed by atoms with Crippen LogP contribution < -0.4 is 10.6 Å². The van der Waals surface area contributed by atoms with Crippen molar-refractivity contribution in [2.45, 2.75) is 26.3 Å². The van der Waals surface area contributed by atoms with E-state index in [1.54, 1.807) is 13.0 Å². The lowest BCUT2D eigenvalue weighted by Gasteiger charge is -2.24. The molecule has 2 rings (SSSR count). The van der Waals surface area contributed by atoms with Gasteiger partial charge in [0.15, 0.2) is 0 Å². The summed E-state index contributed by atoms with van der Waals surface area (Å²) in [5.41, 5.74) is 7.66. The summed E-state index contributed by atoms with van der Waals surface area (Å²) in [7, 11) is 0. The lowest BCUT2D eigenvalue weighted by atomic mass is 10.1. The third-order valence-corrected chi connectivity index (χ3v) is 3.70. The number of hydrogen-bond donors (Lipinski definition) is 1. The fourth-order valence-corrected chi connectivity index (χ4v) is 2.70. The molecule has 1 aliphatic heterocycles. The Morgan fingerprint density at radius 2 is 2.28 bits per heavy atom. The van der Waals surface area contributed by atoms with Gasteiger partial charge in [-0.3, -0.25) is 10.1 Å². The first-order valence-corrected chi connectivity index (χ1v) is 6.24. The van der Waals surface area contributed by atoms with Gasteiger partial charge < -0.3 is 10.6 Å². The highest BCUT2D eigenvalue weighted by molar-refractivity contribution is 5.56. The first kappa shape index (κ1) is 12.8. The molecule has 5 heteroatoms. The molecule has 0 aromatic heterocycles. The Kier molecular flexibility index (Phi) is 3.52. The molecule has 2 atom stereocenters. The lowest BCUT2D eigenvalue weighted by Crippen LogP contribution is -2.27. The highest BCUT2D eigenvalue weighted by Crippen LogP contribution is 2.31. The summed E-state index contributed by atoms with van der Waals surface area (Å²) in [6.07, 6.45) is 1.09. The molecule has 1 fully saturated rings. The lowest BCUT2D eigenvalue weighted by molar-refractivity contribution is -0.385. The van der Waals surface area contributed by atoms with Gasteiger partial charge in [0.25, 0.3) is 5.69 Å². The molecule has 5 nitrogen and oxygen atoms in total. The van der Waals surface area contributed by atoms with Crippen molar-refractivity contribution in [1.82, 2.24) is 0 Å². The van der Waals surface area contributed by atoms with Gasteiger partial charge in [0.2, 0.25) is 0 Å². The van der Waals surface area contributed by atoms with E-state index in [1.807, 2.05) is 12.1 Å². The maximum Gasteiger partial charge on any atom is 0.272 e. The van der Waals surface area contributed by atoms with Gasteiger partial charge in [-0.1, -0.05) is 0 Å². The van der Waals surface area contributed by atoms with E-state index in [0.717, 1.165) is 18.7 Å². The van der Waals surface area contributed by atoms with E-state index in [2.05, 4.69) is 11.8 Å². The summed E-state index contributed by atoms with van der Waals surface area (Å²) >= 11 is 0. The number of nitro groups is 1. The Bertz CT molecular complexity index is 462. The van der Waals surface area contributed by atoms with E-state index in [1.165, 1.54) is 0 Å². The van der Waals surface area contributed by atoms with E-state index in [0.29, 0.717) is 24.1 Å². The van der Waals surface area contributed by atoms with Crippen LogP contribution in [0.3, 0.4) is 0 Å². The van der Waals surface area contributed by atoms with Gasteiger partial charge >= 0.3 is 0 Å². The number of hydrogen-bond acceptors (Lipinski definition) is 4. The second-order valence-electron chi connectivity index (χ2n) is 5.07. The van der Waals surface area contributed by atoms with E-state index < -0.39 is 0 Å². The number of nitrogens with two attached hydrogens (primary N) is 1. The number of rotatable bonds is 3. The van der Waals surface area contributed by atoms with Crippen LogP contribution in [-0.2, 0) is 0 Å². The Morgan fingerprint density at radius 3 is 2.78 bits per heavy atom. The highest BCUT2D eigenvalue weighted by Gasteiger charge is 2.28. The van der Waals surface area contributed by atoms with Crippen LogP contribution in [-0.4, -0.2) is 24.1 Å². The number of benzene rings is 1. The van der Waals surface area contributed by atoms with Crippen LogP contribution in [0.15, 0.2) is 18.2 Å². The summed E-state index contributed by atoms with van der Waals surface area (Å²) in [5, 5.41) is 10.8. The SMILES string of the molecule is Cc1cc(N2CC(CN)CC2C)ccc1[N+](=O)[O-]. The molecule has 2 unspecified atom stereocenters. The first-order valence-electron chi connectivity index (χ1n) is 6.24. The van der Waals surface area contributed by atoms with Crippen molar-refractivity contribution in [2.75, 3.05) is 18.0 Å². The molecule has 98 valence electrons. The molecule has 1 aromatic carbocycles. The molecule has 1 heterocycles. The van der Waals surface area contributed by atoms with Crippen molar-refractivity contribution in [3.05, 3.63) is 33.9 Å². The van der Waals surface area contributed by atoms with Crippen molar-refractivity contribution in [1.29, 1.82) is 0 Å². The van der Waals surface area contributed by atoms with E-state index in [4.69, 9.17) is 5.73 Å². The molecular formula is C13H19N3O2. The molecule has 1 aromatic rings. The largest absolute Gasteiger partial charge is 0.368 e. The zero-order chi connectivity index (χ0) is 13.3. The highest BCUT2D eigenvalue weighted by atomic mass is 16.6. The Morgan fingerprint density at radius 1 is 1.56 bits per heavy atom. The van der Waals surface area contributed by atoms with Crippen LogP contribution in [0.1, 0.15) is 18.9 Å². The second-order valence-corrected chi connectivity index (χ2v) is 5.07. The summed E-state index contributed by atoms with van der Waals surface area (Å²) in [5.74, 6) is 0.524. The van der Waals surface area contributed by atoms with Crippen molar-refractivity contribution < 1.29 is 4.92 Å². The van der Waals surface area contributed by atoms with E-state index in [9.17, 15) is 10.1 Å². The third-order valence-electron chi connectivity index (χ3n) is 3.70. The van der Waals surface area contributed by atoms with Crippen LogP contribution in [0.25, 0.3) is 0 Å². The van der Waals surface area contributed by atoms with Gasteiger partial charge in [0.1, 0.15) is 0 Å². The molecule has 0 bridgehead atoms. The summed E-state index contributed by atoms with van der Waals surface area (Å²) in [4.78, 5) is 12.7. The van der Waals surface area contributed by atoms with Crippen LogP contribution in [0.2, 0.25) is 0 Å². The fourth-order valence-electron chi connectivity index (χ4n) is 2.70. The molecule has 2 N–H and O–H groups in total. The molecule has 0 radical (unpaired) electrons. The maximum atomic E-state index is 10.8. The molecular weight excluding hydrogens is 230 g/mol. The van der Waals surface area contributed by atoms with Gasteiger partial charge in [-0.2, -0.15) is 0 Å². The van der Waals surface area contributed by atoms with Crippen LogP contribution in [0.5, 0.6) is 0 Å². The van der Waals surface area contributed by atoms with Gasteiger partial charge in [-0.25, -0.2) is 0 Å². The minimum atomic E-state index is -0.338. The average molecular weight is 249 g/mol. The molecule has 0 spiro atoms. The second kappa shape index (κ2) is 4.94. The molecule has 18 heavy (non-hydrogen) atoms. The summed E-state index contributed by atoms with van der Waals surface area (Å²) < 4.78 is 0. The number of nitrogens with zero attached hydrogens (tertiary/aromatic N) is 2. The quantitative estimate of drug-likeness (QED) is 0.657. The van der Waals surface area contributed by atoms with E-state index >= 15 is 0 Å². The minimum Gasteiger partial charge on any atom is -0.368 e. The Balaban J connectivity index is 2.24. The monoisotopic (exact) mass is 249 g/mol. The predicted molar refractivity (Wildman–Crippen MR) is 71.8 cm³/mol. The van der Waals surface area contributed by atoms with Crippen molar-refractivity contribution in [3.8, 4) is 0 Å². The zero-order valence-corrected chi connectivity index (χ0v) is 10.8. The molecule has 1 saturated heterocycles. The normalized spacial score (nSPS) is 23.4. The zero-order valence-electron chi connectivity index (χ0n) is 10.8. The van der Waals surface area contributed by atoms with E-state index in [-0.39, 0.29) is 10.6 Å². The first-order chi connectivity index (χ1) is 8.52. The number of anilines is 1. The topological polar surface area (TPSA) is 72.4 Å². The van der Waals surface area contributed by atoms with Gasteiger partial charge in [0, 0.05) is 29.9 Å². The van der Waals surface area contributed by atoms with Crippen molar-refractivity contribution >= 4 is 11.4 Å². The number of aryl methyl sites for hydroxylation is 1. The molecule has 0 aliphatic carbocycles. The fraction of sp³-hybridized carbons (Fsp3) is 0.538. The third kappa shape index (κ3) is 2.31. The van der Waals surface area contributed by atoms with Crippen molar-refractivity contribution in [2.24, 2.45) is 11.7 Å². The van der Waals surface area contributed by atoms with Crippen LogP contribution in [0, 0.1) is 23.0 Å². The Hall–Kier alpha value is -1.62. The average Bonchev–Trinajstić information content (AvgIpc) is 2.70. The molecule has 1 aliphatic rings. The minimum absolute atomic E-state index is 0.181. The Labute approximate surface area is 107 Å². The standard InChI is InChI=1S/C13H19N3O2/c1-9-5-12(3-4-13(9)16(17)18)15-8-11(7-14)6-10(15)2/h3-5,10-11H,6-8,14H2,1-2H3. The smallest absolute Gasteiger partial charge is 0.272 e. The van der Waals surface area contributed by atoms with Gasteiger partial charge in [-0.05, 0) is 44.9 Å². The maximum absolute atomic E-state index is 10.8. The number of nitro benzene ring substituents is 1. The summed E-state index contributed by atoms with van der Waals surface area (Å²) in [6, 6.07) is 5.76. The molecule has 0 amide bonds. The van der Waals surface area contributed by atoms with Crippen LogP contribution >= 0.6 is 0 Å². The van der Waals surface area contributed by atoms with Gasteiger partial charge in [-0.15, -0.1) is 0 Å². The summed E-state index contributed by atoms with van der Waals surface area (Å²) in [6.45, 7) is 5.59. The van der Waals surface area contributed by atoms with Crippen molar-refractivity contribution in [3.63, 3.8) is 0 Å². The molecule has 0 saturated carbocycles. The van der Waals surface area contributed by atoms with Gasteiger partial charge in [0.05, 0.1) is 4.92 Å².